The SMILES string of the molecule is COc1ccc(C(NC(=O)C(N)Cc2cccnc2)C(=O)NC(C(C)C)C(O)C(F)(F)F)cc1. The molecule has 4 unspecified atom stereocenters. The minimum absolute atomic E-state index is 0.137. The highest BCUT2D eigenvalue weighted by atomic mass is 19.4. The van der Waals surface area contributed by atoms with Crippen LogP contribution in [0.1, 0.15) is 31.0 Å². The summed E-state index contributed by atoms with van der Waals surface area (Å²) in [6.45, 7) is 2.87. The van der Waals surface area contributed by atoms with Gasteiger partial charge in [0.05, 0.1) is 19.2 Å². The summed E-state index contributed by atoms with van der Waals surface area (Å²) in [5.74, 6) is -1.87. The Morgan fingerprint density at radius 2 is 1.76 bits per heavy atom. The Bertz CT molecular complexity index is 939. The highest BCUT2D eigenvalue weighted by molar-refractivity contribution is 5.90. The van der Waals surface area contributed by atoms with E-state index in [4.69, 9.17) is 10.5 Å². The molecule has 0 aliphatic heterocycles. The van der Waals surface area contributed by atoms with Gasteiger partial charge in [-0.2, -0.15) is 13.2 Å². The first-order valence-corrected chi connectivity index (χ1v) is 10.6. The van der Waals surface area contributed by atoms with Crippen LogP contribution >= 0.6 is 0 Å². The molecule has 0 saturated heterocycles. The number of nitrogens with one attached hydrogen (secondary N) is 2. The van der Waals surface area contributed by atoms with Gasteiger partial charge in [-0.25, -0.2) is 0 Å². The average Bonchev–Trinajstić information content (AvgIpc) is 2.80. The fourth-order valence-electron chi connectivity index (χ4n) is 3.27. The Morgan fingerprint density at radius 3 is 2.26 bits per heavy atom. The minimum Gasteiger partial charge on any atom is -0.497 e. The van der Waals surface area contributed by atoms with Crippen molar-refractivity contribution in [1.29, 1.82) is 0 Å². The fraction of sp³-hybridized carbons (Fsp3) is 0.435. The Kier molecular flexibility index (Phi) is 9.39. The van der Waals surface area contributed by atoms with E-state index in [9.17, 15) is 27.9 Å². The number of halogens is 3. The highest BCUT2D eigenvalue weighted by Crippen LogP contribution is 2.26. The summed E-state index contributed by atoms with van der Waals surface area (Å²) in [7, 11) is 1.45. The van der Waals surface area contributed by atoms with Gasteiger partial charge in [-0.3, -0.25) is 14.6 Å². The number of nitrogens with two attached hydrogens (primary N) is 1. The van der Waals surface area contributed by atoms with Gasteiger partial charge in [0.15, 0.2) is 6.10 Å². The monoisotopic (exact) mass is 482 g/mol. The first-order valence-electron chi connectivity index (χ1n) is 10.6. The van der Waals surface area contributed by atoms with E-state index >= 15 is 0 Å². The minimum atomic E-state index is -4.94. The predicted octanol–water partition coefficient (Wildman–Crippen LogP) is 1.88. The van der Waals surface area contributed by atoms with Crippen LogP contribution in [-0.2, 0) is 16.0 Å². The third-order valence-electron chi connectivity index (χ3n) is 5.22. The summed E-state index contributed by atoms with van der Waals surface area (Å²) < 4.78 is 44.5. The number of methoxy groups -OCH3 is 1. The number of benzene rings is 1. The molecule has 0 radical (unpaired) electrons. The highest BCUT2D eigenvalue weighted by Gasteiger charge is 2.45. The van der Waals surface area contributed by atoms with Crippen molar-refractivity contribution >= 4 is 11.8 Å². The van der Waals surface area contributed by atoms with E-state index in [2.05, 4.69) is 15.6 Å². The number of aliphatic hydroxyl groups excluding tert-OH is 1. The van der Waals surface area contributed by atoms with Crippen molar-refractivity contribution in [2.45, 2.75) is 50.7 Å². The molecule has 0 aliphatic rings. The van der Waals surface area contributed by atoms with Crippen LogP contribution in [0.2, 0.25) is 0 Å². The zero-order valence-electron chi connectivity index (χ0n) is 19.0. The summed E-state index contributed by atoms with van der Waals surface area (Å²) in [6, 6.07) is 5.48. The summed E-state index contributed by atoms with van der Waals surface area (Å²) in [5.41, 5.74) is 6.99. The van der Waals surface area contributed by atoms with Crippen LogP contribution in [-0.4, -0.2) is 53.4 Å². The number of alkyl halides is 3. The Morgan fingerprint density at radius 1 is 1.12 bits per heavy atom. The number of pyridine rings is 1. The van der Waals surface area contributed by atoms with Crippen LogP contribution in [0.5, 0.6) is 5.75 Å². The largest absolute Gasteiger partial charge is 0.497 e. The van der Waals surface area contributed by atoms with Crippen molar-refractivity contribution in [3.8, 4) is 5.75 Å². The molecule has 4 atom stereocenters. The average molecular weight is 483 g/mol. The molecule has 0 bridgehead atoms. The number of ether oxygens (including phenoxy) is 1. The molecule has 0 fully saturated rings. The lowest BCUT2D eigenvalue weighted by molar-refractivity contribution is -0.215. The molecule has 0 spiro atoms. The summed E-state index contributed by atoms with van der Waals surface area (Å²) >= 11 is 0. The van der Waals surface area contributed by atoms with Gasteiger partial charge in [-0.1, -0.05) is 32.0 Å². The summed E-state index contributed by atoms with van der Waals surface area (Å²) in [4.78, 5) is 29.8. The van der Waals surface area contributed by atoms with E-state index in [-0.39, 0.29) is 6.42 Å². The molecule has 2 aromatic rings. The molecule has 8 nitrogen and oxygen atoms in total. The lowest BCUT2D eigenvalue weighted by Crippen LogP contribution is -2.56. The second kappa shape index (κ2) is 11.8. The van der Waals surface area contributed by atoms with Crippen molar-refractivity contribution in [3.05, 3.63) is 59.9 Å². The van der Waals surface area contributed by atoms with Gasteiger partial charge in [0, 0.05) is 12.4 Å². The van der Waals surface area contributed by atoms with Gasteiger partial charge in [-0.15, -0.1) is 0 Å². The second-order valence-corrected chi connectivity index (χ2v) is 8.15. The standard InChI is InChI=1S/C23H29F3N4O4/c1-13(2)18(20(31)23(24,25)26)29-22(33)19(15-6-8-16(34-3)9-7-15)30-21(32)17(27)11-14-5-4-10-28-12-14/h4-10,12-13,17-20,31H,11,27H2,1-3H3,(H,29,33)(H,30,32). The van der Waals surface area contributed by atoms with Gasteiger partial charge >= 0.3 is 6.18 Å². The van der Waals surface area contributed by atoms with Crippen molar-refractivity contribution in [2.75, 3.05) is 7.11 Å². The molecule has 34 heavy (non-hydrogen) atoms. The number of carbonyl (C=O) groups excluding carboxylic acids is 2. The van der Waals surface area contributed by atoms with E-state index in [0.717, 1.165) is 0 Å². The van der Waals surface area contributed by atoms with Crippen LogP contribution in [0.3, 0.4) is 0 Å². The number of rotatable bonds is 10. The molecule has 186 valence electrons. The Labute approximate surface area is 195 Å². The van der Waals surface area contributed by atoms with Crippen LogP contribution < -0.4 is 21.1 Å². The molecule has 0 saturated carbocycles. The molecule has 2 rings (SSSR count). The quantitative estimate of drug-likeness (QED) is 0.410. The zero-order chi connectivity index (χ0) is 25.5. The Balaban J connectivity index is 2.27. The van der Waals surface area contributed by atoms with E-state index in [0.29, 0.717) is 16.9 Å². The molecule has 11 heteroatoms. The molecule has 0 aliphatic carbocycles. The normalized spacial score (nSPS) is 15.2. The third-order valence-corrected chi connectivity index (χ3v) is 5.22. The first kappa shape index (κ1) is 27.1. The number of hydrogen-bond acceptors (Lipinski definition) is 6. The molecular formula is C23H29F3N4O4. The lowest BCUT2D eigenvalue weighted by atomic mass is 9.96. The number of nitrogens with zero attached hydrogens (tertiary/aromatic N) is 1. The summed E-state index contributed by atoms with van der Waals surface area (Å²) in [6.07, 6.45) is -4.46. The van der Waals surface area contributed by atoms with Crippen molar-refractivity contribution in [3.63, 3.8) is 0 Å². The molecule has 1 aromatic heterocycles. The molecule has 2 amide bonds. The van der Waals surface area contributed by atoms with E-state index in [1.165, 1.54) is 33.1 Å². The van der Waals surface area contributed by atoms with Crippen LogP contribution in [0, 0.1) is 5.92 Å². The first-order chi connectivity index (χ1) is 15.9. The predicted molar refractivity (Wildman–Crippen MR) is 119 cm³/mol. The third kappa shape index (κ3) is 7.42. The maximum Gasteiger partial charge on any atom is 0.416 e. The van der Waals surface area contributed by atoms with Crippen molar-refractivity contribution < 1.29 is 32.6 Å². The van der Waals surface area contributed by atoms with Gasteiger partial charge in [-0.05, 0) is 41.7 Å². The summed E-state index contributed by atoms with van der Waals surface area (Å²) in [5, 5.41) is 14.5. The number of carbonyl (C=O) groups is 2. The lowest BCUT2D eigenvalue weighted by Gasteiger charge is -2.31. The Hall–Kier alpha value is -3.18. The van der Waals surface area contributed by atoms with Gasteiger partial charge in [0.25, 0.3) is 0 Å². The van der Waals surface area contributed by atoms with Crippen molar-refractivity contribution in [1.82, 2.24) is 15.6 Å². The van der Waals surface area contributed by atoms with E-state index in [1.54, 1.807) is 36.7 Å². The molecular weight excluding hydrogens is 453 g/mol. The maximum absolute atomic E-state index is 13.1. The van der Waals surface area contributed by atoms with Gasteiger partial charge in [0.2, 0.25) is 11.8 Å². The molecule has 1 heterocycles. The smallest absolute Gasteiger partial charge is 0.416 e. The van der Waals surface area contributed by atoms with E-state index in [1.807, 2.05) is 0 Å². The number of hydrogen-bond donors (Lipinski definition) is 4. The molecule has 1 aromatic carbocycles. The van der Waals surface area contributed by atoms with Crippen LogP contribution in [0.25, 0.3) is 0 Å². The molecule has 5 N–H and O–H groups in total. The fourth-order valence-corrected chi connectivity index (χ4v) is 3.27. The number of aliphatic hydroxyl groups is 1. The maximum atomic E-state index is 13.1. The van der Waals surface area contributed by atoms with Gasteiger partial charge < -0.3 is 26.2 Å². The zero-order valence-corrected chi connectivity index (χ0v) is 19.0. The van der Waals surface area contributed by atoms with Gasteiger partial charge in [0.1, 0.15) is 11.8 Å². The van der Waals surface area contributed by atoms with Crippen LogP contribution in [0.4, 0.5) is 13.2 Å². The number of aromatic nitrogens is 1. The topological polar surface area (TPSA) is 127 Å². The second-order valence-electron chi connectivity index (χ2n) is 8.15. The van der Waals surface area contributed by atoms with E-state index < -0.39 is 48.1 Å². The number of amides is 2. The van der Waals surface area contributed by atoms with Crippen LogP contribution in [0.15, 0.2) is 48.8 Å². The van der Waals surface area contributed by atoms with Crippen molar-refractivity contribution in [2.24, 2.45) is 11.7 Å².